The zero-order valence-electron chi connectivity index (χ0n) is 8.42. The molecule has 4 heteroatoms. The molecule has 1 aliphatic heterocycles. The van der Waals surface area contributed by atoms with Crippen LogP contribution in [0.3, 0.4) is 0 Å². The van der Waals surface area contributed by atoms with E-state index in [1.165, 1.54) is 19.3 Å². The first kappa shape index (κ1) is 9.65. The van der Waals surface area contributed by atoms with Gasteiger partial charge in [0.05, 0.1) is 0 Å². The van der Waals surface area contributed by atoms with E-state index in [4.69, 9.17) is 12.2 Å². The van der Waals surface area contributed by atoms with Crippen molar-refractivity contribution in [2.75, 3.05) is 18.0 Å². The Hall–Kier alpha value is -0.900. The quantitative estimate of drug-likeness (QED) is 0.721. The molecule has 0 saturated carbocycles. The third kappa shape index (κ3) is 2.12. The number of piperidine rings is 1. The van der Waals surface area contributed by atoms with Crippen molar-refractivity contribution in [1.29, 1.82) is 0 Å². The average Bonchev–Trinajstić information content (AvgIpc) is 2.18. The van der Waals surface area contributed by atoms with Crippen molar-refractivity contribution in [2.45, 2.75) is 26.2 Å². The van der Waals surface area contributed by atoms with E-state index in [1.807, 2.05) is 13.0 Å². The molecule has 0 aliphatic carbocycles. The topological polar surface area (TPSA) is 31.9 Å². The van der Waals surface area contributed by atoms with E-state index >= 15 is 0 Å². The van der Waals surface area contributed by atoms with E-state index in [9.17, 15) is 0 Å². The van der Waals surface area contributed by atoms with Gasteiger partial charge in [-0.2, -0.15) is 0 Å². The van der Waals surface area contributed by atoms with Gasteiger partial charge < -0.3 is 9.88 Å². The van der Waals surface area contributed by atoms with Gasteiger partial charge in [0, 0.05) is 19.2 Å². The lowest BCUT2D eigenvalue weighted by Gasteiger charge is -2.28. The van der Waals surface area contributed by atoms with E-state index < -0.39 is 0 Å². The number of hydrogen-bond donors (Lipinski definition) is 1. The average molecular weight is 209 g/mol. The lowest BCUT2D eigenvalue weighted by Crippen LogP contribution is -2.30. The van der Waals surface area contributed by atoms with Crippen molar-refractivity contribution < 1.29 is 0 Å². The fraction of sp³-hybridized carbons (Fsp3) is 0.600. The molecule has 1 aromatic rings. The predicted octanol–water partition coefficient (Wildman–Crippen LogP) is 2.44. The fourth-order valence-electron chi connectivity index (χ4n) is 1.87. The van der Waals surface area contributed by atoms with Gasteiger partial charge in [0.25, 0.3) is 0 Å². The highest BCUT2D eigenvalue weighted by Gasteiger charge is 2.11. The molecule has 0 unspecified atom stereocenters. The van der Waals surface area contributed by atoms with Crippen molar-refractivity contribution >= 4 is 18.0 Å². The van der Waals surface area contributed by atoms with Gasteiger partial charge in [-0.1, -0.05) is 12.2 Å². The molecular weight excluding hydrogens is 194 g/mol. The molecule has 1 aromatic heterocycles. The van der Waals surface area contributed by atoms with Crippen LogP contribution in [0.1, 0.15) is 25.1 Å². The van der Waals surface area contributed by atoms with Gasteiger partial charge in [0.15, 0.2) is 0 Å². The van der Waals surface area contributed by atoms with Gasteiger partial charge in [-0.3, -0.25) is 0 Å². The summed E-state index contributed by atoms with van der Waals surface area (Å²) in [5.74, 6) is 2.03. The van der Waals surface area contributed by atoms with Crippen LogP contribution in [0, 0.1) is 11.6 Å². The molecule has 0 aromatic carbocycles. The fourth-order valence-corrected chi connectivity index (χ4v) is 2.12. The molecule has 1 N–H and O–H groups in total. The van der Waals surface area contributed by atoms with Gasteiger partial charge in [-0.15, -0.1) is 0 Å². The van der Waals surface area contributed by atoms with Gasteiger partial charge in [-0.25, -0.2) is 4.98 Å². The number of anilines is 1. The number of aromatic amines is 1. The lowest BCUT2D eigenvalue weighted by atomic mass is 10.1. The minimum absolute atomic E-state index is 0.682. The van der Waals surface area contributed by atoms with Crippen LogP contribution in [0.4, 0.5) is 5.82 Å². The molecule has 76 valence electrons. The van der Waals surface area contributed by atoms with Crippen LogP contribution in [0.15, 0.2) is 6.07 Å². The Kier molecular flexibility index (Phi) is 2.82. The van der Waals surface area contributed by atoms with Gasteiger partial charge in [0.2, 0.25) is 0 Å². The Balaban J connectivity index is 2.26. The molecule has 1 fully saturated rings. The third-order valence-corrected chi connectivity index (χ3v) is 2.75. The summed E-state index contributed by atoms with van der Waals surface area (Å²) in [7, 11) is 0. The van der Waals surface area contributed by atoms with Gasteiger partial charge in [-0.05, 0) is 26.2 Å². The van der Waals surface area contributed by atoms with Crippen LogP contribution in [0.25, 0.3) is 0 Å². The first-order chi connectivity index (χ1) is 6.75. The number of aryl methyl sites for hydroxylation is 1. The van der Waals surface area contributed by atoms with E-state index in [0.717, 1.165) is 24.7 Å². The maximum Gasteiger partial charge on any atom is 0.131 e. The number of H-pyrrole nitrogens is 1. The molecule has 0 atom stereocenters. The molecule has 14 heavy (non-hydrogen) atoms. The summed E-state index contributed by atoms with van der Waals surface area (Å²) in [6, 6.07) is 1.95. The maximum atomic E-state index is 5.10. The summed E-state index contributed by atoms with van der Waals surface area (Å²) in [5.41, 5.74) is 0. The molecule has 0 spiro atoms. The monoisotopic (exact) mass is 209 g/mol. The molecule has 0 amide bonds. The molecule has 0 bridgehead atoms. The lowest BCUT2D eigenvalue weighted by molar-refractivity contribution is 0.572. The minimum atomic E-state index is 0.682. The van der Waals surface area contributed by atoms with Crippen molar-refractivity contribution in [3.63, 3.8) is 0 Å². The van der Waals surface area contributed by atoms with Crippen molar-refractivity contribution in [2.24, 2.45) is 0 Å². The normalized spacial score (nSPS) is 17.1. The number of hydrogen-bond acceptors (Lipinski definition) is 3. The first-order valence-electron chi connectivity index (χ1n) is 5.08. The molecule has 2 heterocycles. The van der Waals surface area contributed by atoms with Crippen molar-refractivity contribution in [3.8, 4) is 0 Å². The molecule has 0 radical (unpaired) electrons. The Bertz CT molecular complexity index is 366. The molecule has 1 aliphatic rings. The summed E-state index contributed by atoms with van der Waals surface area (Å²) < 4.78 is 0.682. The van der Waals surface area contributed by atoms with Crippen LogP contribution >= 0.6 is 12.2 Å². The van der Waals surface area contributed by atoms with E-state index in [0.29, 0.717) is 4.64 Å². The third-order valence-electron chi connectivity index (χ3n) is 2.54. The Morgan fingerprint density at radius 3 is 2.71 bits per heavy atom. The Morgan fingerprint density at radius 1 is 1.36 bits per heavy atom. The second kappa shape index (κ2) is 4.09. The van der Waals surface area contributed by atoms with Crippen molar-refractivity contribution in [3.05, 3.63) is 16.5 Å². The van der Waals surface area contributed by atoms with E-state index in [2.05, 4.69) is 14.9 Å². The van der Waals surface area contributed by atoms with Crippen molar-refractivity contribution in [1.82, 2.24) is 9.97 Å². The van der Waals surface area contributed by atoms with E-state index in [1.54, 1.807) is 0 Å². The van der Waals surface area contributed by atoms with Crippen LogP contribution in [0.5, 0.6) is 0 Å². The van der Waals surface area contributed by atoms with Gasteiger partial charge >= 0.3 is 0 Å². The highest BCUT2D eigenvalue weighted by atomic mass is 32.1. The second-order valence-corrected chi connectivity index (χ2v) is 4.16. The summed E-state index contributed by atoms with van der Waals surface area (Å²) >= 11 is 5.10. The highest BCUT2D eigenvalue weighted by Crippen LogP contribution is 2.17. The molecule has 2 rings (SSSR count). The SMILES string of the molecule is Cc1nc(=S)cc(N2CCCCC2)[nH]1. The second-order valence-electron chi connectivity index (χ2n) is 3.74. The first-order valence-corrected chi connectivity index (χ1v) is 5.49. The standard InChI is InChI=1S/C10H15N3S/c1-8-11-9(7-10(14)12-8)13-5-3-2-4-6-13/h7H,2-6H2,1H3,(H,11,12,14). The zero-order valence-corrected chi connectivity index (χ0v) is 9.23. The van der Waals surface area contributed by atoms with Crippen LogP contribution < -0.4 is 4.90 Å². The molecular formula is C10H15N3S. The highest BCUT2D eigenvalue weighted by molar-refractivity contribution is 7.71. The van der Waals surface area contributed by atoms with Crippen LogP contribution in [0.2, 0.25) is 0 Å². The largest absolute Gasteiger partial charge is 0.358 e. The number of rotatable bonds is 1. The Morgan fingerprint density at radius 2 is 2.07 bits per heavy atom. The number of nitrogens with one attached hydrogen (secondary N) is 1. The molecule has 3 nitrogen and oxygen atoms in total. The minimum Gasteiger partial charge on any atom is -0.358 e. The summed E-state index contributed by atoms with van der Waals surface area (Å²) in [6.45, 7) is 4.21. The number of aromatic nitrogens is 2. The smallest absolute Gasteiger partial charge is 0.131 e. The molecule has 1 saturated heterocycles. The van der Waals surface area contributed by atoms with Crippen LogP contribution in [-0.2, 0) is 0 Å². The van der Waals surface area contributed by atoms with E-state index in [-0.39, 0.29) is 0 Å². The summed E-state index contributed by atoms with van der Waals surface area (Å²) in [6.07, 6.45) is 3.91. The summed E-state index contributed by atoms with van der Waals surface area (Å²) in [4.78, 5) is 9.78. The number of nitrogens with zero attached hydrogens (tertiary/aromatic N) is 2. The maximum absolute atomic E-state index is 5.10. The Labute approximate surface area is 89.2 Å². The predicted molar refractivity (Wildman–Crippen MR) is 60.2 cm³/mol. The zero-order chi connectivity index (χ0) is 9.97. The summed E-state index contributed by atoms with van der Waals surface area (Å²) in [5, 5.41) is 0. The van der Waals surface area contributed by atoms with Gasteiger partial charge in [0.1, 0.15) is 16.3 Å². The van der Waals surface area contributed by atoms with Crippen LogP contribution in [-0.4, -0.2) is 23.1 Å².